The fraction of sp³-hybridized carbons (Fsp3) is 0.387. The third kappa shape index (κ3) is 4.76. The standard InChI is InChI=1S/C31H37Br2N2/c1-7-18-34-26-16-14-22(32)20-24(26)30(3,4)28(34)12-10-9-11-13-29-31(5,6)25-21-23(33)15-17-27(25)35(29)19-8-2/h9-17,20-21H,7-8,18-19H2,1-6H3/q+1. The Morgan fingerprint density at radius 3 is 2.20 bits per heavy atom. The predicted octanol–water partition coefficient (Wildman–Crippen LogP) is 9.20. The third-order valence-corrected chi connectivity index (χ3v) is 8.32. The first-order chi connectivity index (χ1) is 16.6. The van der Waals surface area contributed by atoms with Crippen LogP contribution in [0, 0.1) is 0 Å². The van der Waals surface area contributed by atoms with Gasteiger partial charge in [0.1, 0.15) is 6.54 Å². The Labute approximate surface area is 228 Å². The zero-order chi connectivity index (χ0) is 25.4. The van der Waals surface area contributed by atoms with E-state index in [1.165, 1.54) is 33.9 Å². The quantitative estimate of drug-likeness (QED) is 0.228. The summed E-state index contributed by atoms with van der Waals surface area (Å²) in [5.74, 6) is 0. The number of benzene rings is 2. The Kier molecular flexibility index (Phi) is 7.64. The Hall–Kier alpha value is -1.91. The zero-order valence-corrected chi connectivity index (χ0v) is 25.0. The molecule has 0 fully saturated rings. The van der Waals surface area contributed by atoms with Gasteiger partial charge in [0, 0.05) is 56.4 Å². The number of hydrogen-bond donors (Lipinski definition) is 0. The fourth-order valence-electron chi connectivity index (χ4n) is 5.58. The molecule has 4 heteroatoms. The van der Waals surface area contributed by atoms with Crippen LogP contribution in [0.5, 0.6) is 0 Å². The van der Waals surface area contributed by atoms with Crippen molar-refractivity contribution >= 4 is 48.9 Å². The minimum absolute atomic E-state index is 0.0303. The normalized spacial score (nSPS) is 19.4. The molecule has 0 radical (unpaired) electrons. The van der Waals surface area contributed by atoms with Gasteiger partial charge in [0.05, 0.1) is 5.41 Å². The van der Waals surface area contributed by atoms with Gasteiger partial charge in [0.15, 0.2) is 5.71 Å². The van der Waals surface area contributed by atoms with Gasteiger partial charge in [0.2, 0.25) is 5.69 Å². The summed E-state index contributed by atoms with van der Waals surface area (Å²) in [4.78, 5) is 2.49. The predicted molar refractivity (Wildman–Crippen MR) is 158 cm³/mol. The van der Waals surface area contributed by atoms with Crippen molar-refractivity contribution in [3.63, 3.8) is 0 Å². The third-order valence-electron chi connectivity index (χ3n) is 7.33. The summed E-state index contributed by atoms with van der Waals surface area (Å²) in [5, 5.41) is 0. The van der Waals surface area contributed by atoms with Crippen LogP contribution in [0.25, 0.3) is 0 Å². The number of allylic oxidation sites excluding steroid dienone is 6. The summed E-state index contributed by atoms with van der Waals surface area (Å²) in [6.45, 7) is 15.9. The van der Waals surface area contributed by atoms with Crippen LogP contribution >= 0.6 is 31.9 Å². The highest BCUT2D eigenvalue weighted by atomic mass is 79.9. The van der Waals surface area contributed by atoms with E-state index < -0.39 is 0 Å². The molecule has 4 rings (SSSR count). The Morgan fingerprint density at radius 1 is 0.829 bits per heavy atom. The lowest BCUT2D eigenvalue weighted by Crippen LogP contribution is -2.27. The van der Waals surface area contributed by atoms with Gasteiger partial charge in [-0.15, -0.1) is 0 Å². The van der Waals surface area contributed by atoms with Crippen LogP contribution in [0.4, 0.5) is 11.4 Å². The minimum atomic E-state index is -0.0303. The molecule has 0 saturated carbocycles. The van der Waals surface area contributed by atoms with E-state index in [0.717, 1.165) is 34.9 Å². The molecule has 0 saturated heterocycles. The van der Waals surface area contributed by atoms with E-state index in [1.54, 1.807) is 0 Å². The maximum Gasteiger partial charge on any atom is 0.209 e. The fourth-order valence-corrected chi connectivity index (χ4v) is 6.30. The second-order valence-corrected chi connectivity index (χ2v) is 12.4. The molecule has 2 nitrogen and oxygen atoms in total. The maximum atomic E-state index is 3.67. The second-order valence-electron chi connectivity index (χ2n) is 10.6. The van der Waals surface area contributed by atoms with Gasteiger partial charge < -0.3 is 4.90 Å². The second kappa shape index (κ2) is 10.2. The highest BCUT2D eigenvalue weighted by Crippen LogP contribution is 2.48. The van der Waals surface area contributed by atoms with E-state index in [1.807, 2.05) is 0 Å². The molecule has 0 spiro atoms. The summed E-state index contributed by atoms with van der Waals surface area (Å²) in [6.07, 6.45) is 13.4. The first kappa shape index (κ1) is 26.2. The highest BCUT2D eigenvalue weighted by molar-refractivity contribution is 9.10. The zero-order valence-electron chi connectivity index (χ0n) is 21.8. The van der Waals surface area contributed by atoms with Crippen molar-refractivity contribution < 1.29 is 4.58 Å². The average Bonchev–Trinajstić information content (AvgIpc) is 3.13. The number of nitrogens with zero attached hydrogens (tertiary/aromatic N) is 2. The Balaban J connectivity index is 1.63. The summed E-state index contributed by atoms with van der Waals surface area (Å²) in [5.41, 5.74) is 8.09. The molecule has 184 valence electrons. The highest BCUT2D eigenvalue weighted by Gasteiger charge is 2.44. The van der Waals surface area contributed by atoms with E-state index in [9.17, 15) is 0 Å². The molecule has 0 atom stereocenters. The van der Waals surface area contributed by atoms with Crippen molar-refractivity contribution in [3.05, 3.63) is 92.5 Å². The molecule has 2 aliphatic rings. The van der Waals surface area contributed by atoms with Crippen molar-refractivity contribution in [1.82, 2.24) is 0 Å². The van der Waals surface area contributed by atoms with E-state index in [-0.39, 0.29) is 10.8 Å². The Bertz CT molecular complexity index is 1240. The lowest BCUT2D eigenvalue weighted by molar-refractivity contribution is -0.437. The molecule has 35 heavy (non-hydrogen) atoms. The number of anilines is 1. The lowest BCUT2D eigenvalue weighted by atomic mass is 9.81. The molecule has 2 aromatic carbocycles. The summed E-state index contributed by atoms with van der Waals surface area (Å²) in [6, 6.07) is 13.4. The van der Waals surface area contributed by atoms with Crippen molar-refractivity contribution in [3.8, 4) is 0 Å². The number of fused-ring (bicyclic) bond motifs is 2. The van der Waals surface area contributed by atoms with Crippen molar-refractivity contribution in [2.45, 2.75) is 65.2 Å². The van der Waals surface area contributed by atoms with Crippen LogP contribution in [0.3, 0.4) is 0 Å². The van der Waals surface area contributed by atoms with Gasteiger partial charge in [0.25, 0.3) is 0 Å². The molecular weight excluding hydrogens is 560 g/mol. The molecular formula is C31H37Br2N2+. The molecule has 2 heterocycles. The smallest absolute Gasteiger partial charge is 0.209 e. The first-order valence-corrected chi connectivity index (χ1v) is 14.3. The summed E-state index contributed by atoms with van der Waals surface area (Å²) >= 11 is 7.34. The van der Waals surface area contributed by atoms with E-state index in [2.05, 4.69) is 150 Å². The minimum Gasteiger partial charge on any atom is -0.344 e. The Morgan fingerprint density at radius 2 is 1.51 bits per heavy atom. The lowest BCUT2D eigenvalue weighted by Gasteiger charge is -2.26. The number of halogens is 2. The van der Waals surface area contributed by atoms with E-state index >= 15 is 0 Å². The molecule has 0 N–H and O–H groups in total. The van der Waals surface area contributed by atoms with Crippen LogP contribution in [0.2, 0.25) is 0 Å². The number of rotatable bonds is 7. The van der Waals surface area contributed by atoms with Gasteiger partial charge in [-0.1, -0.05) is 77.8 Å². The molecule has 0 aromatic heterocycles. The van der Waals surface area contributed by atoms with Crippen LogP contribution in [0.15, 0.2) is 81.4 Å². The summed E-state index contributed by atoms with van der Waals surface area (Å²) in [7, 11) is 0. The van der Waals surface area contributed by atoms with Gasteiger partial charge >= 0.3 is 0 Å². The van der Waals surface area contributed by atoms with Crippen LogP contribution in [-0.4, -0.2) is 23.4 Å². The van der Waals surface area contributed by atoms with Gasteiger partial charge in [-0.3, -0.25) is 0 Å². The topological polar surface area (TPSA) is 6.25 Å². The first-order valence-electron chi connectivity index (χ1n) is 12.7. The van der Waals surface area contributed by atoms with Crippen LogP contribution in [0.1, 0.15) is 65.5 Å². The maximum absolute atomic E-state index is 3.67. The molecule has 0 aliphatic carbocycles. The molecule has 0 unspecified atom stereocenters. The van der Waals surface area contributed by atoms with E-state index in [0.29, 0.717) is 0 Å². The van der Waals surface area contributed by atoms with Crippen LogP contribution < -0.4 is 4.90 Å². The van der Waals surface area contributed by atoms with Crippen molar-refractivity contribution in [2.24, 2.45) is 0 Å². The molecule has 2 aliphatic heterocycles. The van der Waals surface area contributed by atoms with E-state index in [4.69, 9.17) is 0 Å². The number of hydrogen-bond acceptors (Lipinski definition) is 1. The molecule has 0 bridgehead atoms. The molecule has 0 amide bonds. The monoisotopic (exact) mass is 595 g/mol. The summed E-state index contributed by atoms with van der Waals surface area (Å²) < 4.78 is 4.77. The SMILES string of the molecule is CCCN1\C(=C/C=C/C=C/C2=[N+](CCC)c3ccc(Br)cc3C2(C)C)C(C)(C)c2cc(Br)ccc21. The molecule has 2 aromatic rings. The largest absolute Gasteiger partial charge is 0.344 e. The van der Waals surface area contributed by atoms with Gasteiger partial charge in [-0.05, 0) is 62.2 Å². The van der Waals surface area contributed by atoms with Crippen molar-refractivity contribution in [1.29, 1.82) is 0 Å². The van der Waals surface area contributed by atoms with Gasteiger partial charge in [-0.2, -0.15) is 4.58 Å². The van der Waals surface area contributed by atoms with Crippen LogP contribution in [-0.2, 0) is 10.8 Å². The van der Waals surface area contributed by atoms with Crippen molar-refractivity contribution in [2.75, 3.05) is 18.0 Å². The van der Waals surface area contributed by atoms with Gasteiger partial charge in [-0.25, -0.2) is 0 Å². The average molecular weight is 597 g/mol.